The highest BCUT2D eigenvalue weighted by Gasteiger charge is 2.35. The van der Waals surface area contributed by atoms with Gasteiger partial charge in [-0.3, -0.25) is 4.90 Å². The second-order valence-electron chi connectivity index (χ2n) is 7.79. The maximum absolute atomic E-state index is 12.9. The normalized spacial score (nSPS) is 17.7. The van der Waals surface area contributed by atoms with Gasteiger partial charge in [-0.2, -0.15) is 0 Å². The molecule has 0 aliphatic carbocycles. The number of benzene rings is 1. The van der Waals surface area contributed by atoms with E-state index in [2.05, 4.69) is 35.8 Å². The van der Waals surface area contributed by atoms with Crippen LogP contribution >= 0.6 is 15.9 Å². The minimum Gasteiger partial charge on any atom is -0.495 e. The van der Waals surface area contributed by atoms with E-state index in [9.17, 15) is 4.79 Å². The van der Waals surface area contributed by atoms with Crippen LogP contribution in [0.5, 0.6) is 5.75 Å². The fourth-order valence-electron chi connectivity index (χ4n) is 3.14. The molecule has 2 rings (SSSR count). The summed E-state index contributed by atoms with van der Waals surface area (Å²) in [5, 5.41) is 0. The summed E-state index contributed by atoms with van der Waals surface area (Å²) in [7, 11) is 1.64. The van der Waals surface area contributed by atoms with Gasteiger partial charge in [0.1, 0.15) is 11.4 Å². The van der Waals surface area contributed by atoms with Crippen LogP contribution in [0.15, 0.2) is 16.6 Å². The quantitative estimate of drug-likeness (QED) is 0.669. The van der Waals surface area contributed by atoms with Gasteiger partial charge in [0.2, 0.25) is 0 Å². The van der Waals surface area contributed by atoms with Crippen LogP contribution in [0.2, 0.25) is 0 Å². The van der Waals surface area contributed by atoms with Crippen LogP contribution in [-0.4, -0.2) is 24.8 Å². The summed E-state index contributed by atoms with van der Waals surface area (Å²) in [6.45, 7) is 10.1. The Morgan fingerprint density at radius 3 is 2.58 bits per heavy atom. The van der Waals surface area contributed by atoms with Gasteiger partial charge in [-0.1, -0.05) is 13.8 Å². The molecular weight excluding hydrogens is 370 g/mol. The molecule has 1 aromatic carbocycles. The number of nitrogens with zero attached hydrogens (tertiary/aromatic N) is 1. The second kappa shape index (κ2) is 7.34. The van der Waals surface area contributed by atoms with Crippen molar-refractivity contribution in [1.29, 1.82) is 0 Å². The van der Waals surface area contributed by atoms with Crippen molar-refractivity contribution in [3.8, 4) is 5.75 Å². The van der Waals surface area contributed by atoms with Gasteiger partial charge >= 0.3 is 6.09 Å². The predicted octanol–water partition coefficient (Wildman–Crippen LogP) is 5.56. The molecule has 0 bridgehead atoms. The molecule has 0 saturated heterocycles. The topological polar surface area (TPSA) is 38.8 Å². The van der Waals surface area contributed by atoms with E-state index in [1.807, 2.05) is 31.7 Å². The van der Waals surface area contributed by atoms with Gasteiger partial charge in [0, 0.05) is 12.1 Å². The highest BCUT2D eigenvalue weighted by Crippen LogP contribution is 2.40. The Balaban J connectivity index is 2.45. The number of hydrogen-bond acceptors (Lipinski definition) is 3. The Morgan fingerprint density at radius 2 is 2.04 bits per heavy atom. The first-order valence-electron chi connectivity index (χ1n) is 8.51. The summed E-state index contributed by atoms with van der Waals surface area (Å²) in [5.74, 6) is 1.24. The van der Waals surface area contributed by atoms with Gasteiger partial charge in [-0.25, -0.2) is 4.79 Å². The van der Waals surface area contributed by atoms with Crippen LogP contribution in [0, 0.1) is 5.92 Å². The van der Waals surface area contributed by atoms with Crippen molar-refractivity contribution in [3.05, 3.63) is 22.2 Å². The minimum absolute atomic E-state index is 0.151. The van der Waals surface area contributed by atoms with E-state index in [0.717, 1.165) is 40.7 Å². The Bertz CT molecular complexity index is 607. The molecule has 4 nitrogen and oxygen atoms in total. The molecule has 134 valence electrons. The molecule has 1 heterocycles. The van der Waals surface area contributed by atoms with E-state index in [1.54, 1.807) is 7.11 Å². The summed E-state index contributed by atoms with van der Waals surface area (Å²) < 4.78 is 12.0. The van der Waals surface area contributed by atoms with Crippen LogP contribution in [0.25, 0.3) is 0 Å². The maximum atomic E-state index is 12.9. The lowest BCUT2D eigenvalue weighted by atomic mass is 9.90. The van der Waals surface area contributed by atoms with Gasteiger partial charge in [-0.05, 0) is 73.5 Å². The lowest BCUT2D eigenvalue weighted by Gasteiger charge is -2.39. The number of methoxy groups -OCH3 is 1. The first kappa shape index (κ1) is 19.1. The zero-order valence-electron chi connectivity index (χ0n) is 15.5. The predicted molar refractivity (Wildman–Crippen MR) is 101 cm³/mol. The molecule has 1 aliphatic rings. The molecule has 0 saturated carbocycles. The lowest BCUT2D eigenvalue weighted by Crippen LogP contribution is -2.46. The van der Waals surface area contributed by atoms with Crippen LogP contribution in [0.3, 0.4) is 0 Å². The molecule has 1 amide bonds. The lowest BCUT2D eigenvalue weighted by molar-refractivity contribution is 0.0556. The smallest absolute Gasteiger partial charge is 0.415 e. The average molecular weight is 398 g/mol. The number of ether oxygens (including phenoxy) is 2. The van der Waals surface area contributed by atoms with Gasteiger partial charge < -0.3 is 9.47 Å². The Labute approximate surface area is 153 Å². The average Bonchev–Trinajstić information content (AvgIpc) is 2.44. The van der Waals surface area contributed by atoms with Crippen LogP contribution in [-0.2, 0) is 11.2 Å². The van der Waals surface area contributed by atoms with E-state index < -0.39 is 5.60 Å². The molecule has 0 N–H and O–H groups in total. The molecule has 0 radical (unpaired) electrons. The summed E-state index contributed by atoms with van der Waals surface area (Å²) in [5.41, 5.74) is 1.53. The van der Waals surface area contributed by atoms with E-state index in [0.29, 0.717) is 5.92 Å². The Morgan fingerprint density at radius 1 is 1.38 bits per heavy atom. The molecule has 0 aromatic heterocycles. The van der Waals surface area contributed by atoms with Crippen LogP contribution in [0.1, 0.15) is 53.0 Å². The SMILES string of the molecule is COc1cc2c(cc1Br)CCC(CC(C)C)N2C(=O)OC(C)(C)C. The first-order chi connectivity index (χ1) is 11.1. The van der Waals surface area contributed by atoms with Crippen molar-refractivity contribution in [2.24, 2.45) is 5.92 Å². The van der Waals surface area contributed by atoms with E-state index in [-0.39, 0.29) is 12.1 Å². The van der Waals surface area contributed by atoms with Crippen molar-refractivity contribution in [1.82, 2.24) is 0 Å². The Kier molecular flexibility index (Phi) is 5.84. The molecule has 1 aromatic rings. The molecular formula is C19H28BrNO3. The summed E-state index contributed by atoms with van der Waals surface area (Å²) >= 11 is 3.54. The number of rotatable bonds is 3. The number of anilines is 1. The largest absolute Gasteiger partial charge is 0.495 e. The second-order valence-corrected chi connectivity index (χ2v) is 8.64. The van der Waals surface area contributed by atoms with Crippen LogP contribution in [0.4, 0.5) is 10.5 Å². The van der Waals surface area contributed by atoms with Crippen LogP contribution < -0.4 is 9.64 Å². The van der Waals surface area contributed by atoms with Crippen molar-refractivity contribution in [3.63, 3.8) is 0 Å². The summed E-state index contributed by atoms with van der Waals surface area (Å²) in [4.78, 5) is 14.7. The fourth-order valence-corrected chi connectivity index (χ4v) is 3.69. The zero-order chi connectivity index (χ0) is 18.1. The van der Waals surface area contributed by atoms with Crippen molar-refractivity contribution in [2.45, 2.75) is 65.5 Å². The zero-order valence-corrected chi connectivity index (χ0v) is 17.1. The number of amides is 1. The van der Waals surface area contributed by atoms with Crippen molar-refractivity contribution < 1.29 is 14.3 Å². The third-order valence-corrected chi connectivity index (χ3v) is 4.68. The number of fused-ring (bicyclic) bond motifs is 1. The molecule has 1 unspecified atom stereocenters. The number of carbonyl (C=O) groups is 1. The summed E-state index contributed by atoms with van der Waals surface area (Å²) in [6, 6.07) is 4.14. The number of hydrogen-bond donors (Lipinski definition) is 0. The maximum Gasteiger partial charge on any atom is 0.415 e. The fraction of sp³-hybridized carbons (Fsp3) is 0.632. The molecule has 0 spiro atoms. The molecule has 1 aliphatic heterocycles. The molecule has 24 heavy (non-hydrogen) atoms. The van der Waals surface area contributed by atoms with Gasteiger partial charge in [0.15, 0.2) is 0 Å². The minimum atomic E-state index is -0.517. The highest BCUT2D eigenvalue weighted by atomic mass is 79.9. The standard InChI is InChI=1S/C19H28BrNO3/c1-12(2)9-14-8-7-13-10-15(20)17(23-6)11-16(13)21(14)18(22)24-19(3,4)5/h10-12,14H,7-9H2,1-6H3. The molecule has 5 heteroatoms. The molecule has 1 atom stereocenters. The summed E-state index contributed by atoms with van der Waals surface area (Å²) in [6.07, 6.45) is 2.58. The monoisotopic (exact) mass is 397 g/mol. The van der Waals surface area contributed by atoms with Gasteiger partial charge in [0.05, 0.1) is 17.3 Å². The van der Waals surface area contributed by atoms with Crippen molar-refractivity contribution in [2.75, 3.05) is 12.0 Å². The number of aryl methyl sites for hydroxylation is 1. The van der Waals surface area contributed by atoms with E-state index in [1.165, 1.54) is 0 Å². The van der Waals surface area contributed by atoms with Gasteiger partial charge in [-0.15, -0.1) is 0 Å². The first-order valence-corrected chi connectivity index (χ1v) is 9.30. The third-order valence-electron chi connectivity index (χ3n) is 4.06. The molecule has 0 fully saturated rings. The number of halogens is 1. The number of carbonyl (C=O) groups excluding carboxylic acids is 1. The third kappa shape index (κ3) is 4.44. The van der Waals surface area contributed by atoms with E-state index in [4.69, 9.17) is 9.47 Å². The Hall–Kier alpha value is -1.23. The van der Waals surface area contributed by atoms with Crippen molar-refractivity contribution >= 4 is 27.7 Å². The van der Waals surface area contributed by atoms with Gasteiger partial charge in [0.25, 0.3) is 0 Å². The van der Waals surface area contributed by atoms with E-state index >= 15 is 0 Å². The highest BCUT2D eigenvalue weighted by molar-refractivity contribution is 9.10.